The van der Waals surface area contributed by atoms with E-state index < -0.39 is 0 Å². The minimum absolute atomic E-state index is 0.135. The smallest absolute Gasteiger partial charge is 0.275 e. The predicted octanol–water partition coefficient (Wildman–Crippen LogP) is 4.22. The molecule has 5 rings (SSSR count). The Hall–Kier alpha value is -2.72. The van der Waals surface area contributed by atoms with Gasteiger partial charge in [0.2, 0.25) is 10.9 Å². The van der Waals surface area contributed by atoms with Crippen molar-refractivity contribution < 1.29 is 4.79 Å². The summed E-state index contributed by atoms with van der Waals surface area (Å²) in [5, 5.41) is 5.93. The number of thioether (sulfide) groups is 1. The van der Waals surface area contributed by atoms with E-state index in [0.717, 1.165) is 34.2 Å². The lowest BCUT2D eigenvalue weighted by Gasteiger charge is -2.34. The fourth-order valence-corrected chi connectivity index (χ4v) is 5.76. The number of fused-ring (bicyclic) bond motifs is 1. The molecule has 1 fully saturated rings. The van der Waals surface area contributed by atoms with Gasteiger partial charge in [0.1, 0.15) is 5.01 Å². The number of hydrogen-bond donors (Lipinski definition) is 0. The first-order valence-corrected chi connectivity index (χ1v) is 13.5. The summed E-state index contributed by atoms with van der Waals surface area (Å²) in [5.41, 5.74) is 2.71. The van der Waals surface area contributed by atoms with Crippen LogP contribution in [-0.4, -0.2) is 62.2 Å². The summed E-state index contributed by atoms with van der Waals surface area (Å²) in [4.78, 5) is 35.8. The quantitative estimate of drug-likeness (QED) is 0.351. The lowest BCUT2D eigenvalue weighted by atomic mass is 10.2. The molecule has 0 N–H and O–H groups in total. The highest BCUT2D eigenvalue weighted by atomic mass is 35.5. The van der Waals surface area contributed by atoms with Gasteiger partial charge in [-0.1, -0.05) is 52.8 Å². The second-order valence-corrected chi connectivity index (χ2v) is 10.9. The molecule has 1 aliphatic rings. The third kappa shape index (κ3) is 5.75. The second kappa shape index (κ2) is 10.5. The van der Waals surface area contributed by atoms with Crippen molar-refractivity contribution in [3.05, 3.63) is 81.2 Å². The number of carbonyl (C=O) groups excluding carboxylic acids is 1. The average Bonchev–Trinajstić information content (AvgIpc) is 3.29. The molecule has 1 aliphatic heterocycles. The number of carbonyl (C=O) groups is 1. The molecule has 10 heteroatoms. The maximum absolute atomic E-state index is 12.7. The number of halogens is 1. The van der Waals surface area contributed by atoms with Crippen LogP contribution in [0.5, 0.6) is 0 Å². The maximum Gasteiger partial charge on any atom is 0.275 e. The van der Waals surface area contributed by atoms with Gasteiger partial charge >= 0.3 is 0 Å². The molecule has 2 aromatic carbocycles. The Kier molecular flexibility index (Phi) is 7.19. The standard InChI is InChI=1S/C25H24ClN5O2S2/c1-17-2-4-18(5-3-17)24-28-31-22(32)14-20(27-25(31)35-24)15-29-10-12-30(13-11-29)23(33)16-34-21-8-6-19(26)7-9-21/h2-9,14H,10-13,15-16H2,1H3. The zero-order valence-corrected chi connectivity index (χ0v) is 21.6. The molecule has 0 radical (unpaired) electrons. The molecule has 3 heterocycles. The Labute approximate surface area is 216 Å². The van der Waals surface area contributed by atoms with E-state index in [9.17, 15) is 9.59 Å². The van der Waals surface area contributed by atoms with E-state index in [0.29, 0.717) is 35.4 Å². The van der Waals surface area contributed by atoms with Crippen LogP contribution in [0.4, 0.5) is 0 Å². The first-order chi connectivity index (χ1) is 16.9. The van der Waals surface area contributed by atoms with Crippen molar-refractivity contribution in [1.82, 2.24) is 24.4 Å². The Morgan fingerprint density at radius 2 is 1.77 bits per heavy atom. The Balaban J connectivity index is 1.18. The minimum atomic E-state index is -0.173. The number of aryl methyl sites for hydroxylation is 1. The second-order valence-electron chi connectivity index (χ2n) is 8.45. The lowest BCUT2D eigenvalue weighted by molar-refractivity contribution is -0.130. The fraction of sp³-hybridized carbons (Fsp3) is 0.280. The number of hydrogen-bond acceptors (Lipinski definition) is 7. The molecule has 1 saturated heterocycles. The van der Waals surface area contributed by atoms with E-state index in [1.807, 2.05) is 60.4 Å². The zero-order chi connectivity index (χ0) is 24.4. The van der Waals surface area contributed by atoms with Crippen LogP contribution in [0, 0.1) is 6.92 Å². The van der Waals surface area contributed by atoms with Gasteiger partial charge in [0.15, 0.2) is 0 Å². The lowest BCUT2D eigenvalue weighted by Crippen LogP contribution is -2.49. The summed E-state index contributed by atoms with van der Waals surface area (Å²) in [6.45, 7) is 5.44. The largest absolute Gasteiger partial charge is 0.339 e. The molecule has 2 aromatic heterocycles. The van der Waals surface area contributed by atoms with Crippen LogP contribution < -0.4 is 5.56 Å². The van der Waals surface area contributed by atoms with Gasteiger partial charge in [-0.3, -0.25) is 14.5 Å². The van der Waals surface area contributed by atoms with Gasteiger partial charge in [-0.2, -0.15) is 9.61 Å². The van der Waals surface area contributed by atoms with Crippen LogP contribution in [0.25, 0.3) is 15.5 Å². The predicted molar refractivity (Wildman–Crippen MR) is 141 cm³/mol. The number of piperazine rings is 1. The van der Waals surface area contributed by atoms with Crippen molar-refractivity contribution in [2.24, 2.45) is 0 Å². The van der Waals surface area contributed by atoms with Crippen molar-refractivity contribution in [2.75, 3.05) is 31.9 Å². The first kappa shape index (κ1) is 24.0. The third-order valence-electron chi connectivity index (χ3n) is 5.88. The molecule has 0 saturated carbocycles. The number of amides is 1. The molecule has 4 aromatic rings. The molecule has 0 spiro atoms. The summed E-state index contributed by atoms with van der Waals surface area (Å²) >= 11 is 8.86. The van der Waals surface area contributed by atoms with Crippen molar-refractivity contribution in [1.29, 1.82) is 0 Å². The van der Waals surface area contributed by atoms with E-state index in [-0.39, 0.29) is 11.5 Å². The Morgan fingerprint density at radius 3 is 2.49 bits per heavy atom. The Bertz CT molecular complexity index is 1390. The molecular weight excluding hydrogens is 502 g/mol. The van der Waals surface area contributed by atoms with Gasteiger partial charge < -0.3 is 4.90 Å². The SMILES string of the molecule is Cc1ccc(-c2nn3c(=O)cc(CN4CCN(C(=O)CSc5ccc(Cl)cc5)CC4)nc3s2)cc1. The molecule has 0 unspecified atom stereocenters. The first-order valence-electron chi connectivity index (χ1n) is 11.3. The molecule has 7 nitrogen and oxygen atoms in total. The van der Waals surface area contributed by atoms with Gasteiger partial charge in [0.25, 0.3) is 5.56 Å². The van der Waals surface area contributed by atoms with E-state index in [1.165, 1.54) is 33.2 Å². The summed E-state index contributed by atoms with van der Waals surface area (Å²) in [6, 6.07) is 17.2. The molecule has 35 heavy (non-hydrogen) atoms. The number of benzene rings is 2. The Morgan fingerprint density at radius 1 is 1.06 bits per heavy atom. The van der Waals surface area contributed by atoms with Crippen LogP contribution in [0.3, 0.4) is 0 Å². The number of nitrogens with zero attached hydrogens (tertiary/aromatic N) is 5. The maximum atomic E-state index is 12.7. The highest BCUT2D eigenvalue weighted by molar-refractivity contribution is 8.00. The van der Waals surface area contributed by atoms with Gasteiger partial charge in [0.05, 0.1) is 11.4 Å². The molecular formula is C25H24ClN5O2S2. The summed E-state index contributed by atoms with van der Waals surface area (Å²) < 4.78 is 1.37. The fourth-order valence-electron chi connectivity index (χ4n) is 3.90. The monoisotopic (exact) mass is 525 g/mol. The van der Waals surface area contributed by atoms with Crippen LogP contribution in [-0.2, 0) is 11.3 Å². The van der Waals surface area contributed by atoms with E-state index in [2.05, 4.69) is 10.00 Å². The summed E-state index contributed by atoms with van der Waals surface area (Å²) in [7, 11) is 0. The van der Waals surface area contributed by atoms with E-state index in [1.54, 1.807) is 6.07 Å². The molecule has 0 aliphatic carbocycles. The summed E-state index contributed by atoms with van der Waals surface area (Å²) in [5.74, 6) is 0.543. The molecule has 0 atom stereocenters. The van der Waals surface area contributed by atoms with Gasteiger partial charge in [-0.05, 0) is 31.2 Å². The highest BCUT2D eigenvalue weighted by Gasteiger charge is 2.22. The van der Waals surface area contributed by atoms with Gasteiger partial charge in [-0.25, -0.2) is 4.98 Å². The number of aromatic nitrogens is 3. The highest BCUT2D eigenvalue weighted by Crippen LogP contribution is 2.25. The van der Waals surface area contributed by atoms with Crippen molar-refractivity contribution in [3.63, 3.8) is 0 Å². The summed E-state index contributed by atoms with van der Waals surface area (Å²) in [6.07, 6.45) is 0. The van der Waals surface area contributed by atoms with Crippen LogP contribution >= 0.6 is 34.7 Å². The van der Waals surface area contributed by atoms with Crippen LogP contribution in [0.2, 0.25) is 5.02 Å². The zero-order valence-electron chi connectivity index (χ0n) is 19.2. The topological polar surface area (TPSA) is 70.8 Å². The molecule has 0 bridgehead atoms. The normalized spacial score (nSPS) is 14.5. The van der Waals surface area contributed by atoms with E-state index >= 15 is 0 Å². The van der Waals surface area contributed by atoms with Crippen molar-refractivity contribution in [3.8, 4) is 10.6 Å². The minimum Gasteiger partial charge on any atom is -0.339 e. The molecule has 180 valence electrons. The molecule has 1 amide bonds. The van der Waals surface area contributed by atoms with Gasteiger partial charge in [0, 0.05) is 54.3 Å². The van der Waals surface area contributed by atoms with Crippen LogP contribution in [0.15, 0.2) is 64.3 Å². The third-order valence-corrected chi connectivity index (χ3v) is 8.09. The van der Waals surface area contributed by atoms with Gasteiger partial charge in [-0.15, -0.1) is 11.8 Å². The average molecular weight is 526 g/mol. The van der Waals surface area contributed by atoms with Crippen LogP contribution in [0.1, 0.15) is 11.3 Å². The van der Waals surface area contributed by atoms with Crippen molar-refractivity contribution >= 4 is 45.6 Å². The number of rotatable bonds is 6. The van der Waals surface area contributed by atoms with Crippen molar-refractivity contribution in [2.45, 2.75) is 18.4 Å². The van der Waals surface area contributed by atoms with E-state index in [4.69, 9.17) is 16.6 Å².